The van der Waals surface area contributed by atoms with E-state index < -0.39 is 11.7 Å². The predicted octanol–water partition coefficient (Wildman–Crippen LogP) is 3.55. The Morgan fingerprint density at radius 1 is 1.43 bits per heavy atom. The Labute approximate surface area is 173 Å². The van der Waals surface area contributed by atoms with Crippen LogP contribution in [0, 0.1) is 5.92 Å². The van der Waals surface area contributed by atoms with Crippen LogP contribution in [-0.2, 0) is 16.0 Å². The molecule has 1 amide bonds. The van der Waals surface area contributed by atoms with Crippen molar-refractivity contribution in [2.24, 2.45) is 5.92 Å². The maximum atomic E-state index is 12.0. The molecule has 0 radical (unpaired) electrons. The Morgan fingerprint density at radius 2 is 2.21 bits per heavy atom. The van der Waals surface area contributed by atoms with Gasteiger partial charge in [-0.2, -0.15) is 0 Å². The lowest BCUT2D eigenvalue weighted by molar-refractivity contribution is -0.140. The third kappa shape index (κ3) is 4.47. The number of halogens is 1. The number of thioether (sulfide) groups is 1. The number of ether oxygens (including phenoxy) is 1. The highest BCUT2D eigenvalue weighted by molar-refractivity contribution is 7.98. The van der Waals surface area contributed by atoms with Gasteiger partial charge in [-0.25, -0.2) is 9.97 Å². The molecule has 28 heavy (non-hydrogen) atoms. The van der Waals surface area contributed by atoms with Gasteiger partial charge in [0.25, 0.3) is 5.91 Å². The number of rotatable bonds is 7. The first-order chi connectivity index (χ1) is 13.4. The van der Waals surface area contributed by atoms with Crippen LogP contribution in [0.25, 0.3) is 11.3 Å². The van der Waals surface area contributed by atoms with Crippen LogP contribution in [0.15, 0.2) is 29.6 Å². The lowest BCUT2D eigenvalue weighted by atomic mass is 10.0. The molecule has 1 aromatic heterocycles. The summed E-state index contributed by atoms with van der Waals surface area (Å²) in [4.78, 5) is 32.6. The summed E-state index contributed by atoms with van der Waals surface area (Å²) in [6.07, 6.45) is 4.62. The number of ketones is 1. The van der Waals surface area contributed by atoms with E-state index in [1.54, 1.807) is 13.1 Å². The summed E-state index contributed by atoms with van der Waals surface area (Å²) in [6.45, 7) is 3.89. The lowest BCUT2D eigenvalue weighted by Crippen LogP contribution is -2.40. The first kappa shape index (κ1) is 20.6. The molecule has 0 saturated heterocycles. The van der Waals surface area contributed by atoms with Crippen molar-refractivity contribution >= 4 is 35.1 Å². The van der Waals surface area contributed by atoms with Gasteiger partial charge in [0, 0.05) is 29.7 Å². The standard InChI is InChI=1S/C20H22ClN3O3S/c1-4-11(2)17(25)19(26)23-10-14-8-13-7-12(9-15(21)18(13)27-14)16-5-6-22-20(24-16)28-3/h5-7,9,11,14H,4,8,10H2,1-3H3,(H,23,26). The van der Waals surface area contributed by atoms with Crippen LogP contribution >= 0.6 is 23.4 Å². The molecule has 0 aliphatic carbocycles. The monoisotopic (exact) mass is 419 g/mol. The lowest BCUT2D eigenvalue weighted by Gasteiger charge is -2.13. The summed E-state index contributed by atoms with van der Waals surface area (Å²) in [5.41, 5.74) is 2.64. The first-order valence-corrected chi connectivity index (χ1v) is 10.7. The smallest absolute Gasteiger partial charge is 0.287 e. The van der Waals surface area contributed by atoms with Gasteiger partial charge in [-0.05, 0) is 30.9 Å². The Morgan fingerprint density at radius 3 is 2.93 bits per heavy atom. The van der Waals surface area contributed by atoms with Gasteiger partial charge in [-0.3, -0.25) is 9.59 Å². The summed E-state index contributed by atoms with van der Waals surface area (Å²) >= 11 is 7.90. The number of carbonyl (C=O) groups is 2. The molecule has 2 heterocycles. The number of hydrogen-bond donors (Lipinski definition) is 1. The Balaban J connectivity index is 1.70. The molecule has 6 nitrogen and oxygen atoms in total. The molecule has 1 N–H and O–H groups in total. The van der Waals surface area contributed by atoms with E-state index in [4.69, 9.17) is 16.3 Å². The van der Waals surface area contributed by atoms with Gasteiger partial charge in [0.05, 0.1) is 17.3 Å². The Bertz CT molecular complexity index is 906. The van der Waals surface area contributed by atoms with Crippen molar-refractivity contribution in [2.75, 3.05) is 12.8 Å². The first-order valence-electron chi connectivity index (χ1n) is 9.11. The highest BCUT2D eigenvalue weighted by Gasteiger charge is 2.28. The molecule has 8 heteroatoms. The molecule has 2 aromatic rings. The van der Waals surface area contributed by atoms with E-state index in [1.165, 1.54) is 11.8 Å². The average molecular weight is 420 g/mol. The van der Waals surface area contributed by atoms with E-state index in [0.717, 1.165) is 16.8 Å². The van der Waals surface area contributed by atoms with Gasteiger partial charge >= 0.3 is 0 Å². The van der Waals surface area contributed by atoms with E-state index in [2.05, 4.69) is 15.3 Å². The number of amides is 1. The second-order valence-corrected chi connectivity index (χ2v) is 7.88. The van der Waals surface area contributed by atoms with Gasteiger partial charge in [0.1, 0.15) is 11.9 Å². The van der Waals surface area contributed by atoms with Gasteiger partial charge in [0.2, 0.25) is 5.78 Å². The fourth-order valence-electron chi connectivity index (χ4n) is 2.95. The minimum Gasteiger partial charge on any atom is -0.486 e. The van der Waals surface area contributed by atoms with Crippen molar-refractivity contribution < 1.29 is 14.3 Å². The van der Waals surface area contributed by atoms with Gasteiger partial charge in [-0.1, -0.05) is 37.2 Å². The summed E-state index contributed by atoms with van der Waals surface area (Å²) in [6, 6.07) is 5.66. The zero-order chi connectivity index (χ0) is 20.3. The number of nitrogens with zero attached hydrogens (tertiary/aromatic N) is 2. The second-order valence-electron chi connectivity index (χ2n) is 6.70. The topological polar surface area (TPSA) is 81.2 Å². The summed E-state index contributed by atoms with van der Waals surface area (Å²) in [5.74, 6) is -0.618. The molecule has 0 saturated carbocycles. The van der Waals surface area contributed by atoms with E-state index in [9.17, 15) is 9.59 Å². The molecular formula is C20H22ClN3O3S. The highest BCUT2D eigenvalue weighted by atomic mass is 35.5. The Kier molecular flexibility index (Phi) is 6.57. The summed E-state index contributed by atoms with van der Waals surface area (Å²) < 4.78 is 5.90. The third-order valence-corrected chi connectivity index (χ3v) is 5.58. The molecule has 0 bridgehead atoms. The normalized spacial score (nSPS) is 16.2. The van der Waals surface area contributed by atoms with Crippen molar-refractivity contribution in [3.8, 4) is 17.0 Å². The fourth-order valence-corrected chi connectivity index (χ4v) is 3.59. The minimum absolute atomic E-state index is 0.255. The van der Waals surface area contributed by atoms with Crippen LogP contribution in [-0.4, -0.2) is 40.6 Å². The van der Waals surface area contributed by atoms with Gasteiger partial charge in [0.15, 0.2) is 5.16 Å². The molecule has 0 spiro atoms. The largest absolute Gasteiger partial charge is 0.486 e. The van der Waals surface area contributed by atoms with Crippen LogP contribution in [0.3, 0.4) is 0 Å². The number of Topliss-reactive ketones (excluding diaryl/α,β-unsaturated/α-hetero) is 1. The van der Waals surface area contributed by atoms with Crippen LogP contribution in [0.2, 0.25) is 5.02 Å². The maximum absolute atomic E-state index is 12.0. The van der Waals surface area contributed by atoms with Crippen LogP contribution in [0.4, 0.5) is 0 Å². The van der Waals surface area contributed by atoms with Gasteiger partial charge < -0.3 is 10.1 Å². The number of benzene rings is 1. The molecule has 3 rings (SSSR count). The average Bonchev–Trinajstić information content (AvgIpc) is 3.14. The molecule has 1 aliphatic heterocycles. The minimum atomic E-state index is -0.564. The van der Waals surface area contributed by atoms with Gasteiger partial charge in [-0.15, -0.1) is 0 Å². The van der Waals surface area contributed by atoms with Crippen molar-refractivity contribution in [3.05, 3.63) is 35.0 Å². The van der Waals surface area contributed by atoms with Crippen molar-refractivity contribution in [3.63, 3.8) is 0 Å². The molecule has 2 atom stereocenters. The summed E-state index contributed by atoms with van der Waals surface area (Å²) in [7, 11) is 0. The fraction of sp³-hybridized carbons (Fsp3) is 0.400. The van der Waals surface area contributed by atoms with Crippen molar-refractivity contribution in [1.29, 1.82) is 0 Å². The van der Waals surface area contributed by atoms with E-state index in [1.807, 2.05) is 31.4 Å². The molecule has 148 valence electrons. The van der Waals surface area contributed by atoms with E-state index >= 15 is 0 Å². The SMILES string of the molecule is CCC(C)C(=O)C(=O)NCC1Cc2cc(-c3ccnc(SC)n3)cc(Cl)c2O1. The Hall–Kier alpha value is -2.12. The maximum Gasteiger partial charge on any atom is 0.287 e. The van der Waals surface area contributed by atoms with Crippen LogP contribution < -0.4 is 10.1 Å². The molecule has 1 aromatic carbocycles. The third-order valence-electron chi connectivity index (χ3n) is 4.74. The number of carbonyl (C=O) groups excluding carboxylic acids is 2. The quantitative estimate of drug-likeness (QED) is 0.420. The van der Waals surface area contributed by atoms with E-state index in [0.29, 0.717) is 28.8 Å². The van der Waals surface area contributed by atoms with E-state index in [-0.39, 0.29) is 18.6 Å². The number of nitrogens with one attached hydrogen (secondary N) is 1. The summed E-state index contributed by atoms with van der Waals surface area (Å²) in [5, 5.41) is 3.87. The van der Waals surface area contributed by atoms with Crippen molar-refractivity contribution in [1.82, 2.24) is 15.3 Å². The highest BCUT2D eigenvalue weighted by Crippen LogP contribution is 2.39. The van der Waals surface area contributed by atoms with Crippen molar-refractivity contribution in [2.45, 2.75) is 37.9 Å². The number of fused-ring (bicyclic) bond motifs is 1. The molecule has 0 fully saturated rings. The van der Waals surface area contributed by atoms with Crippen LogP contribution in [0.5, 0.6) is 5.75 Å². The molecular weight excluding hydrogens is 398 g/mol. The number of aromatic nitrogens is 2. The molecule has 2 unspecified atom stereocenters. The predicted molar refractivity (Wildman–Crippen MR) is 110 cm³/mol. The van der Waals surface area contributed by atoms with Crippen LogP contribution in [0.1, 0.15) is 25.8 Å². The second kappa shape index (κ2) is 8.92. The zero-order valence-corrected chi connectivity index (χ0v) is 17.6. The zero-order valence-electron chi connectivity index (χ0n) is 16.0. The number of hydrogen-bond acceptors (Lipinski definition) is 6. The molecule has 1 aliphatic rings.